The summed E-state index contributed by atoms with van der Waals surface area (Å²) < 4.78 is 29.9. The molecule has 1 heterocycles. The van der Waals surface area contributed by atoms with Gasteiger partial charge in [-0.15, -0.1) is 11.6 Å². The highest BCUT2D eigenvalue weighted by Gasteiger charge is 2.12. The maximum absolute atomic E-state index is 11.4. The van der Waals surface area contributed by atoms with Gasteiger partial charge >= 0.3 is 0 Å². The molecule has 6 nitrogen and oxygen atoms in total. The average Bonchev–Trinajstić information content (AvgIpc) is 2.15. The van der Waals surface area contributed by atoms with Crippen molar-refractivity contribution in [2.24, 2.45) is 0 Å². The zero-order chi connectivity index (χ0) is 12.2. The summed E-state index contributed by atoms with van der Waals surface area (Å²) in [7, 11) is -2.05. The average molecular weight is 266 g/mol. The molecule has 1 aromatic heterocycles. The summed E-state index contributed by atoms with van der Waals surface area (Å²) in [6, 6.07) is 1.60. The largest absolute Gasteiger partial charge is 0.481 e. The van der Waals surface area contributed by atoms with Crippen molar-refractivity contribution in [2.75, 3.05) is 23.5 Å². The maximum atomic E-state index is 11.4. The number of ether oxygens (including phenoxy) is 1. The fourth-order valence-electron chi connectivity index (χ4n) is 0.982. The molecule has 90 valence electrons. The lowest BCUT2D eigenvalue weighted by atomic mass is 10.4. The Bertz CT molecular complexity index is 464. The van der Waals surface area contributed by atoms with Crippen molar-refractivity contribution >= 4 is 27.6 Å². The summed E-state index contributed by atoms with van der Waals surface area (Å²) in [4.78, 5) is 7.78. The van der Waals surface area contributed by atoms with E-state index in [9.17, 15) is 8.42 Å². The van der Waals surface area contributed by atoms with Gasteiger partial charge in [0.1, 0.15) is 0 Å². The van der Waals surface area contributed by atoms with Crippen LogP contribution in [0.5, 0.6) is 5.88 Å². The van der Waals surface area contributed by atoms with Crippen molar-refractivity contribution in [1.29, 1.82) is 0 Å². The topological polar surface area (TPSA) is 81.2 Å². The Morgan fingerprint density at radius 3 is 2.75 bits per heavy atom. The predicted molar refractivity (Wildman–Crippen MR) is 61.5 cm³/mol. The summed E-state index contributed by atoms with van der Waals surface area (Å²) in [6.45, 7) is 1.71. The SMILES string of the molecule is COc1cc(C)nc(NS(=O)(=O)CCCl)n1. The van der Waals surface area contributed by atoms with Gasteiger partial charge in [-0.3, -0.25) is 4.72 Å². The molecule has 0 bridgehead atoms. The minimum Gasteiger partial charge on any atom is -0.481 e. The lowest BCUT2D eigenvalue weighted by Crippen LogP contribution is -2.19. The van der Waals surface area contributed by atoms with Gasteiger partial charge in [0.2, 0.25) is 21.9 Å². The van der Waals surface area contributed by atoms with Crippen molar-refractivity contribution in [3.05, 3.63) is 11.8 Å². The molecule has 0 aromatic carbocycles. The molecule has 0 aliphatic rings. The van der Waals surface area contributed by atoms with Gasteiger partial charge in [0.15, 0.2) is 0 Å². The molecule has 0 amide bonds. The van der Waals surface area contributed by atoms with E-state index in [1.54, 1.807) is 13.0 Å². The van der Waals surface area contributed by atoms with Crippen LogP contribution in [-0.4, -0.2) is 37.1 Å². The third-order valence-corrected chi connectivity index (χ3v) is 3.28. The number of sulfonamides is 1. The quantitative estimate of drug-likeness (QED) is 0.796. The van der Waals surface area contributed by atoms with Crippen LogP contribution < -0.4 is 9.46 Å². The summed E-state index contributed by atoms with van der Waals surface area (Å²) in [5.74, 6) is 0.116. The molecule has 8 heteroatoms. The second kappa shape index (κ2) is 5.31. The summed E-state index contributed by atoms with van der Waals surface area (Å²) in [6.07, 6.45) is 0. The third kappa shape index (κ3) is 3.82. The van der Waals surface area contributed by atoms with Crippen LogP contribution in [0, 0.1) is 6.92 Å². The third-order valence-electron chi connectivity index (χ3n) is 1.63. The second-order valence-electron chi connectivity index (χ2n) is 2.99. The van der Waals surface area contributed by atoms with E-state index in [2.05, 4.69) is 14.7 Å². The number of aromatic nitrogens is 2. The van der Waals surface area contributed by atoms with Crippen molar-refractivity contribution in [1.82, 2.24) is 9.97 Å². The minimum atomic E-state index is -3.49. The van der Waals surface area contributed by atoms with Gasteiger partial charge in [0, 0.05) is 17.6 Å². The van der Waals surface area contributed by atoms with Crippen LogP contribution in [0.3, 0.4) is 0 Å². The van der Waals surface area contributed by atoms with Crippen LogP contribution in [0.15, 0.2) is 6.07 Å². The minimum absolute atomic E-state index is 0.0121. The molecule has 1 N–H and O–H groups in total. The van der Waals surface area contributed by atoms with Crippen LogP contribution in [-0.2, 0) is 10.0 Å². The van der Waals surface area contributed by atoms with E-state index in [4.69, 9.17) is 16.3 Å². The molecule has 0 unspecified atom stereocenters. The molecular formula is C8H12ClN3O3S. The fraction of sp³-hybridized carbons (Fsp3) is 0.500. The molecule has 0 radical (unpaired) electrons. The van der Waals surface area contributed by atoms with Gasteiger partial charge in [-0.2, -0.15) is 4.98 Å². The van der Waals surface area contributed by atoms with E-state index in [-0.39, 0.29) is 17.6 Å². The highest BCUT2D eigenvalue weighted by molar-refractivity contribution is 7.92. The Morgan fingerprint density at radius 2 is 2.19 bits per heavy atom. The van der Waals surface area contributed by atoms with Crippen LogP contribution in [0.4, 0.5) is 5.95 Å². The van der Waals surface area contributed by atoms with Crippen LogP contribution in [0.1, 0.15) is 5.69 Å². The van der Waals surface area contributed by atoms with Gasteiger partial charge in [-0.25, -0.2) is 13.4 Å². The molecule has 0 saturated carbocycles. The first-order valence-corrected chi connectivity index (χ1v) is 6.61. The van der Waals surface area contributed by atoms with Gasteiger partial charge in [0.05, 0.1) is 12.9 Å². The maximum Gasteiger partial charge on any atom is 0.240 e. The molecular weight excluding hydrogens is 254 g/mol. The molecule has 1 rings (SSSR count). The van der Waals surface area contributed by atoms with Crippen molar-refractivity contribution in [2.45, 2.75) is 6.92 Å². The number of aryl methyl sites for hydroxylation is 1. The lowest BCUT2D eigenvalue weighted by molar-refractivity contribution is 0.397. The Balaban J connectivity index is 2.93. The Hall–Kier alpha value is -1.08. The molecule has 1 aromatic rings. The Morgan fingerprint density at radius 1 is 1.50 bits per heavy atom. The smallest absolute Gasteiger partial charge is 0.240 e. The van der Waals surface area contributed by atoms with Crippen LogP contribution in [0.25, 0.3) is 0 Å². The highest BCUT2D eigenvalue weighted by atomic mass is 35.5. The van der Waals surface area contributed by atoms with Crippen LogP contribution in [0.2, 0.25) is 0 Å². The molecule has 0 spiro atoms. The van der Waals surface area contributed by atoms with Crippen molar-refractivity contribution < 1.29 is 13.2 Å². The molecule has 0 aliphatic carbocycles. The zero-order valence-corrected chi connectivity index (χ0v) is 10.5. The number of rotatable bonds is 5. The normalized spacial score (nSPS) is 11.2. The first-order valence-electron chi connectivity index (χ1n) is 4.43. The predicted octanol–water partition coefficient (Wildman–Crippen LogP) is 0.774. The molecule has 0 aliphatic heterocycles. The molecule has 16 heavy (non-hydrogen) atoms. The summed E-state index contributed by atoms with van der Waals surface area (Å²) in [5, 5.41) is 0. The summed E-state index contributed by atoms with van der Waals surface area (Å²) >= 11 is 5.36. The van der Waals surface area contributed by atoms with Crippen molar-refractivity contribution in [3.8, 4) is 5.88 Å². The number of halogens is 1. The zero-order valence-electron chi connectivity index (χ0n) is 8.90. The lowest BCUT2D eigenvalue weighted by Gasteiger charge is -2.07. The molecule has 0 atom stereocenters. The number of nitrogens with zero attached hydrogens (tertiary/aromatic N) is 2. The number of nitrogens with one attached hydrogen (secondary N) is 1. The number of methoxy groups -OCH3 is 1. The van der Waals surface area contributed by atoms with E-state index >= 15 is 0 Å². The second-order valence-corrected chi connectivity index (χ2v) is 5.21. The number of hydrogen-bond acceptors (Lipinski definition) is 5. The molecule has 0 saturated heterocycles. The van der Waals surface area contributed by atoms with Crippen LogP contribution >= 0.6 is 11.6 Å². The molecule has 0 fully saturated rings. The number of alkyl halides is 1. The Kier molecular flexibility index (Phi) is 4.31. The van der Waals surface area contributed by atoms with E-state index in [1.165, 1.54) is 7.11 Å². The summed E-state index contributed by atoms with van der Waals surface area (Å²) in [5.41, 5.74) is 0.607. The monoisotopic (exact) mass is 265 g/mol. The highest BCUT2D eigenvalue weighted by Crippen LogP contribution is 2.12. The Labute approximate surface area is 99.1 Å². The van der Waals surface area contributed by atoms with E-state index < -0.39 is 10.0 Å². The van der Waals surface area contributed by atoms with E-state index in [0.29, 0.717) is 11.6 Å². The van der Waals surface area contributed by atoms with E-state index in [1.807, 2.05) is 0 Å². The first kappa shape index (κ1) is 13.0. The fourth-order valence-corrected chi connectivity index (χ4v) is 2.27. The standard InChI is InChI=1S/C8H12ClN3O3S/c1-6-5-7(15-2)11-8(10-6)12-16(13,14)4-3-9/h5H,3-4H2,1-2H3,(H,10,11,12). The van der Waals surface area contributed by atoms with Gasteiger partial charge in [0.25, 0.3) is 0 Å². The van der Waals surface area contributed by atoms with Gasteiger partial charge in [-0.05, 0) is 6.92 Å². The van der Waals surface area contributed by atoms with Gasteiger partial charge in [-0.1, -0.05) is 0 Å². The van der Waals surface area contributed by atoms with E-state index in [0.717, 1.165) is 0 Å². The van der Waals surface area contributed by atoms with Crippen molar-refractivity contribution in [3.63, 3.8) is 0 Å². The number of hydrogen-bond donors (Lipinski definition) is 1. The van der Waals surface area contributed by atoms with Gasteiger partial charge < -0.3 is 4.74 Å². The number of anilines is 1. The first-order chi connectivity index (χ1) is 7.46.